The minimum Gasteiger partial charge on any atom is -0.352 e. The highest BCUT2D eigenvalue weighted by molar-refractivity contribution is 5.94. The Labute approximate surface area is 196 Å². The van der Waals surface area contributed by atoms with Crippen LogP contribution >= 0.6 is 0 Å². The smallest absolute Gasteiger partial charge is 0.251 e. The van der Waals surface area contributed by atoms with Crippen molar-refractivity contribution in [2.75, 3.05) is 7.05 Å². The van der Waals surface area contributed by atoms with Gasteiger partial charge in [-0.15, -0.1) is 0 Å². The number of carbonyl (C=O) groups is 1. The van der Waals surface area contributed by atoms with E-state index in [2.05, 4.69) is 58.1 Å². The van der Waals surface area contributed by atoms with Gasteiger partial charge in [0.2, 0.25) is 0 Å². The number of aryl methyl sites for hydroxylation is 2. The fraction of sp³-hybridized carbons (Fsp3) is 0.346. The molecule has 1 aromatic heterocycles. The monoisotopic (exact) mass is 446 g/mol. The number of rotatable bonds is 8. The first kappa shape index (κ1) is 24.0. The summed E-state index contributed by atoms with van der Waals surface area (Å²) in [5, 5.41) is 14.3. The van der Waals surface area contributed by atoms with Gasteiger partial charge in [0.05, 0.1) is 11.4 Å². The fourth-order valence-corrected chi connectivity index (χ4v) is 3.51. The zero-order chi connectivity index (χ0) is 23.8. The van der Waals surface area contributed by atoms with Crippen molar-refractivity contribution in [1.29, 1.82) is 0 Å². The minimum atomic E-state index is -0.0392. The second kappa shape index (κ2) is 11.3. The van der Waals surface area contributed by atoms with Gasteiger partial charge in [0.25, 0.3) is 5.91 Å². The van der Waals surface area contributed by atoms with Gasteiger partial charge in [0.15, 0.2) is 5.96 Å². The molecule has 1 atom stereocenters. The van der Waals surface area contributed by atoms with Crippen LogP contribution in [0, 0.1) is 13.8 Å². The van der Waals surface area contributed by atoms with E-state index < -0.39 is 0 Å². The number of guanidine groups is 1. The van der Waals surface area contributed by atoms with Crippen molar-refractivity contribution >= 4 is 11.9 Å². The van der Waals surface area contributed by atoms with Crippen LogP contribution in [0.1, 0.15) is 53.1 Å². The van der Waals surface area contributed by atoms with Gasteiger partial charge in [-0.2, -0.15) is 5.10 Å². The van der Waals surface area contributed by atoms with Crippen LogP contribution in [0.25, 0.3) is 5.69 Å². The molecule has 3 N–H and O–H groups in total. The summed E-state index contributed by atoms with van der Waals surface area (Å²) in [4.78, 5) is 16.6. The molecule has 0 spiro atoms. The number of benzene rings is 2. The molecular formula is C26H34N6O. The van der Waals surface area contributed by atoms with Crippen molar-refractivity contribution in [3.63, 3.8) is 0 Å². The van der Waals surface area contributed by atoms with E-state index in [1.165, 1.54) is 0 Å². The van der Waals surface area contributed by atoms with E-state index >= 15 is 0 Å². The summed E-state index contributed by atoms with van der Waals surface area (Å²) in [7, 11) is 1.75. The first-order valence-electron chi connectivity index (χ1n) is 11.4. The summed E-state index contributed by atoms with van der Waals surface area (Å²) in [5.74, 6) is 0.666. The third kappa shape index (κ3) is 6.44. The first-order chi connectivity index (χ1) is 15.9. The number of hydrogen-bond acceptors (Lipinski definition) is 3. The van der Waals surface area contributed by atoms with Crippen LogP contribution in [0.5, 0.6) is 0 Å². The molecule has 1 unspecified atom stereocenters. The molecule has 0 saturated carbocycles. The van der Waals surface area contributed by atoms with Gasteiger partial charge in [-0.25, -0.2) is 4.68 Å². The summed E-state index contributed by atoms with van der Waals surface area (Å²) in [6.07, 6.45) is 0.908. The Kier molecular flexibility index (Phi) is 8.24. The maximum atomic E-state index is 12.2. The van der Waals surface area contributed by atoms with E-state index in [0.29, 0.717) is 24.6 Å². The lowest BCUT2D eigenvalue weighted by molar-refractivity contribution is 0.0939. The average molecular weight is 447 g/mol. The van der Waals surface area contributed by atoms with Crippen molar-refractivity contribution in [1.82, 2.24) is 25.7 Å². The third-order valence-electron chi connectivity index (χ3n) is 5.57. The van der Waals surface area contributed by atoms with Gasteiger partial charge in [-0.1, -0.05) is 37.3 Å². The topological polar surface area (TPSA) is 83.3 Å². The Morgan fingerprint density at radius 1 is 1.06 bits per heavy atom. The third-order valence-corrected chi connectivity index (χ3v) is 5.57. The number of hydrogen-bond donors (Lipinski definition) is 3. The number of nitrogens with zero attached hydrogens (tertiary/aromatic N) is 3. The molecule has 3 rings (SSSR count). The van der Waals surface area contributed by atoms with Crippen LogP contribution in [0.15, 0.2) is 59.6 Å². The quantitative estimate of drug-likeness (QED) is 0.362. The van der Waals surface area contributed by atoms with Crippen molar-refractivity contribution in [3.05, 3.63) is 82.7 Å². The lowest BCUT2D eigenvalue weighted by Gasteiger charge is -2.15. The van der Waals surface area contributed by atoms with Gasteiger partial charge < -0.3 is 16.0 Å². The normalized spacial score (nSPS) is 12.3. The number of aromatic nitrogens is 2. The molecule has 0 aliphatic rings. The van der Waals surface area contributed by atoms with Gasteiger partial charge in [-0.05, 0) is 62.6 Å². The molecule has 0 radical (unpaired) electrons. The number of nitrogens with one attached hydrogen (secondary N) is 3. The molecule has 174 valence electrons. The zero-order valence-electron chi connectivity index (χ0n) is 20.1. The van der Waals surface area contributed by atoms with Crippen LogP contribution < -0.4 is 16.0 Å². The second-order valence-electron chi connectivity index (χ2n) is 8.23. The lowest BCUT2D eigenvalue weighted by Crippen LogP contribution is -2.36. The van der Waals surface area contributed by atoms with E-state index in [-0.39, 0.29) is 11.9 Å². The molecule has 0 aliphatic carbocycles. The van der Waals surface area contributed by atoms with E-state index in [9.17, 15) is 4.79 Å². The maximum Gasteiger partial charge on any atom is 0.251 e. The highest BCUT2D eigenvalue weighted by atomic mass is 16.1. The molecule has 0 fully saturated rings. The van der Waals surface area contributed by atoms with Gasteiger partial charge in [0.1, 0.15) is 0 Å². The molecule has 0 aliphatic heterocycles. The van der Waals surface area contributed by atoms with Gasteiger partial charge >= 0.3 is 0 Å². The number of para-hydroxylation sites is 1. The highest BCUT2D eigenvalue weighted by Crippen LogP contribution is 2.17. The molecule has 3 aromatic rings. The number of aliphatic imine (C=N–C) groups is 1. The average Bonchev–Trinajstić information content (AvgIpc) is 3.17. The number of carbonyl (C=O) groups excluding carboxylic acids is 1. The van der Waals surface area contributed by atoms with E-state index in [4.69, 9.17) is 0 Å². The van der Waals surface area contributed by atoms with Gasteiger partial charge in [-0.3, -0.25) is 9.79 Å². The Morgan fingerprint density at radius 2 is 1.76 bits per heavy atom. The predicted molar refractivity (Wildman–Crippen MR) is 134 cm³/mol. The Balaban J connectivity index is 1.58. The van der Waals surface area contributed by atoms with Crippen molar-refractivity contribution in [2.24, 2.45) is 4.99 Å². The Bertz CT molecular complexity index is 1100. The van der Waals surface area contributed by atoms with Crippen LogP contribution in [0.3, 0.4) is 0 Å². The Hall–Kier alpha value is -3.61. The summed E-state index contributed by atoms with van der Waals surface area (Å²) in [5.41, 5.74) is 6.02. The van der Waals surface area contributed by atoms with Crippen LogP contribution in [-0.2, 0) is 13.1 Å². The number of amides is 1. The molecule has 7 heteroatoms. The molecule has 1 heterocycles. The molecular weight excluding hydrogens is 412 g/mol. The van der Waals surface area contributed by atoms with Crippen LogP contribution in [0.4, 0.5) is 0 Å². The van der Waals surface area contributed by atoms with Gasteiger partial charge in [0, 0.05) is 37.4 Å². The standard InChI is InChI=1S/C26H34N6O/c1-6-18(2)30-25(33)22-13-11-21(12-14-22)16-28-26(27-5)29-17-23-9-7-8-10-24(23)32-20(4)15-19(3)31-32/h7-15,18H,6,16-17H2,1-5H3,(H,30,33)(H2,27,28,29). The second-order valence-corrected chi connectivity index (χ2v) is 8.23. The maximum absolute atomic E-state index is 12.2. The SMILES string of the molecule is CCC(C)NC(=O)c1ccc(CNC(=NC)NCc2ccccc2-n2nc(C)cc2C)cc1. The summed E-state index contributed by atoms with van der Waals surface area (Å²) in [6, 6.07) is 18.1. The van der Waals surface area contributed by atoms with Crippen molar-refractivity contribution < 1.29 is 4.79 Å². The first-order valence-corrected chi connectivity index (χ1v) is 11.4. The minimum absolute atomic E-state index is 0.0392. The fourth-order valence-electron chi connectivity index (χ4n) is 3.51. The Morgan fingerprint density at radius 3 is 2.39 bits per heavy atom. The largest absolute Gasteiger partial charge is 0.352 e. The molecule has 2 aromatic carbocycles. The molecule has 33 heavy (non-hydrogen) atoms. The van der Waals surface area contributed by atoms with Crippen LogP contribution in [0.2, 0.25) is 0 Å². The highest BCUT2D eigenvalue weighted by Gasteiger charge is 2.10. The van der Waals surface area contributed by atoms with E-state index in [1.54, 1.807) is 7.05 Å². The van der Waals surface area contributed by atoms with E-state index in [1.807, 2.05) is 54.9 Å². The summed E-state index contributed by atoms with van der Waals surface area (Å²) in [6.45, 7) is 9.34. The van der Waals surface area contributed by atoms with Crippen molar-refractivity contribution in [2.45, 2.75) is 53.2 Å². The lowest BCUT2D eigenvalue weighted by atomic mass is 10.1. The molecule has 0 saturated heterocycles. The summed E-state index contributed by atoms with van der Waals surface area (Å²) < 4.78 is 1.97. The zero-order valence-corrected chi connectivity index (χ0v) is 20.1. The van der Waals surface area contributed by atoms with Crippen LogP contribution in [-0.4, -0.2) is 34.7 Å². The van der Waals surface area contributed by atoms with Crippen molar-refractivity contribution in [3.8, 4) is 5.69 Å². The summed E-state index contributed by atoms with van der Waals surface area (Å²) >= 11 is 0. The molecule has 7 nitrogen and oxygen atoms in total. The predicted octanol–water partition coefficient (Wildman–Crippen LogP) is 3.88. The van der Waals surface area contributed by atoms with E-state index in [0.717, 1.165) is 34.6 Å². The molecule has 0 bridgehead atoms. The molecule has 1 amide bonds.